The van der Waals surface area contributed by atoms with E-state index in [-0.39, 0.29) is 6.54 Å². The number of allylic oxidation sites excluding steroid dienone is 1. The Morgan fingerprint density at radius 3 is 2.75 bits per heavy atom. The Morgan fingerprint density at radius 1 is 1.31 bits per heavy atom. The molecule has 16 heavy (non-hydrogen) atoms. The zero-order chi connectivity index (χ0) is 11.8. The van der Waals surface area contributed by atoms with Crippen LogP contribution in [0.25, 0.3) is 0 Å². The molecular formula is C12H10N2O2. The van der Waals surface area contributed by atoms with Crippen LogP contribution in [0.3, 0.4) is 0 Å². The molecule has 4 heteroatoms. The van der Waals surface area contributed by atoms with E-state index in [9.17, 15) is 9.59 Å². The van der Waals surface area contributed by atoms with E-state index in [0.717, 1.165) is 11.1 Å². The lowest BCUT2D eigenvalue weighted by Gasteiger charge is -2.06. The van der Waals surface area contributed by atoms with E-state index in [0.29, 0.717) is 12.1 Å². The first kappa shape index (κ1) is 11.8. The summed E-state index contributed by atoms with van der Waals surface area (Å²) in [4.78, 5) is 27.4. The van der Waals surface area contributed by atoms with Gasteiger partial charge in [0.05, 0.1) is 12.2 Å². The zero-order valence-corrected chi connectivity index (χ0v) is 8.64. The number of benzene rings is 1. The molecule has 1 rings (SSSR count). The molecule has 0 aromatic heterocycles. The lowest BCUT2D eigenvalue weighted by Crippen LogP contribution is -1.92. The first-order valence-electron chi connectivity index (χ1n) is 4.66. The molecule has 0 aliphatic carbocycles. The van der Waals surface area contributed by atoms with E-state index in [1.54, 1.807) is 18.2 Å². The highest BCUT2D eigenvalue weighted by Crippen LogP contribution is 2.24. The van der Waals surface area contributed by atoms with E-state index in [1.165, 1.54) is 12.2 Å². The second-order valence-electron chi connectivity index (χ2n) is 3.02. The first-order valence-corrected chi connectivity index (χ1v) is 4.66. The standard InChI is InChI=1S/C12H10N2O2/c1-2-4-10-5-3-6-12(14-9-16)11(10)7-13-8-15/h2-3,5-6H,1,4,7H2. The van der Waals surface area contributed by atoms with E-state index in [1.807, 2.05) is 6.07 Å². The summed E-state index contributed by atoms with van der Waals surface area (Å²) in [6.07, 6.45) is 5.31. The molecule has 0 unspecified atom stereocenters. The van der Waals surface area contributed by atoms with Crippen LogP contribution in [0.2, 0.25) is 0 Å². The second kappa shape index (κ2) is 6.25. The molecule has 0 aliphatic heterocycles. The molecule has 0 atom stereocenters. The lowest BCUT2D eigenvalue weighted by atomic mass is 10.0. The number of aliphatic imine (C=N–C) groups is 2. The third kappa shape index (κ3) is 2.85. The van der Waals surface area contributed by atoms with Crippen molar-refractivity contribution >= 4 is 17.8 Å². The van der Waals surface area contributed by atoms with Gasteiger partial charge >= 0.3 is 0 Å². The molecule has 0 heterocycles. The van der Waals surface area contributed by atoms with E-state index in [4.69, 9.17) is 0 Å². The highest BCUT2D eigenvalue weighted by Gasteiger charge is 2.06. The predicted molar refractivity (Wildman–Crippen MR) is 60.0 cm³/mol. The Morgan fingerprint density at radius 2 is 2.12 bits per heavy atom. The minimum absolute atomic E-state index is 0.161. The minimum atomic E-state index is 0.161. The maximum Gasteiger partial charge on any atom is 0.240 e. The summed E-state index contributed by atoms with van der Waals surface area (Å²) in [5, 5.41) is 0. The van der Waals surface area contributed by atoms with Crippen molar-refractivity contribution in [2.45, 2.75) is 13.0 Å². The van der Waals surface area contributed by atoms with Gasteiger partial charge in [0.25, 0.3) is 0 Å². The van der Waals surface area contributed by atoms with Crippen molar-refractivity contribution < 1.29 is 9.59 Å². The average Bonchev–Trinajstić information content (AvgIpc) is 2.29. The van der Waals surface area contributed by atoms with Crippen molar-refractivity contribution in [3.63, 3.8) is 0 Å². The van der Waals surface area contributed by atoms with Crippen molar-refractivity contribution in [1.29, 1.82) is 0 Å². The van der Waals surface area contributed by atoms with Crippen LogP contribution in [0.1, 0.15) is 11.1 Å². The van der Waals surface area contributed by atoms with Crippen LogP contribution in [0.15, 0.2) is 40.8 Å². The van der Waals surface area contributed by atoms with Crippen LogP contribution < -0.4 is 0 Å². The molecule has 80 valence electrons. The van der Waals surface area contributed by atoms with Gasteiger partial charge < -0.3 is 0 Å². The predicted octanol–water partition coefficient (Wildman–Crippen LogP) is 2.22. The normalized spacial score (nSPS) is 8.75. The van der Waals surface area contributed by atoms with Gasteiger partial charge in [0.2, 0.25) is 12.2 Å². The SMILES string of the molecule is C=CCc1cccc(N=C=O)c1CN=C=O. The van der Waals surface area contributed by atoms with Crippen LogP contribution in [-0.4, -0.2) is 12.2 Å². The highest BCUT2D eigenvalue weighted by atomic mass is 16.1. The molecule has 0 bridgehead atoms. The topological polar surface area (TPSA) is 58.9 Å². The van der Waals surface area contributed by atoms with Gasteiger partial charge in [-0.05, 0) is 18.1 Å². The van der Waals surface area contributed by atoms with Gasteiger partial charge in [-0.3, -0.25) is 0 Å². The first-order chi connectivity index (χ1) is 7.83. The summed E-state index contributed by atoms with van der Waals surface area (Å²) in [6, 6.07) is 5.33. The molecule has 4 nitrogen and oxygen atoms in total. The Bertz CT molecular complexity index is 482. The molecule has 0 spiro atoms. The number of hydrogen-bond acceptors (Lipinski definition) is 4. The summed E-state index contributed by atoms with van der Waals surface area (Å²) >= 11 is 0. The van der Waals surface area contributed by atoms with Gasteiger partial charge in [-0.2, -0.15) is 4.99 Å². The summed E-state index contributed by atoms with van der Waals surface area (Å²) in [6.45, 7) is 3.80. The van der Waals surface area contributed by atoms with Crippen molar-refractivity contribution in [1.82, 2.24) is 0 Å². The van der Waals surface area contributed by atoms with Gasteiger partial charge in [-0.15, -0.1) is 6.58 Å². The number of carbonyl (C=O) groups excluding carboxylic acids is 2. The fourth-order valence-corrected chi connectivity index (χ4v) is 1.42. The Kier molecular flexibility index (Phi) is 4.61. The molecule has 1 aromatic rings. The molecule has 0 radical (unpaired) electrons. The molecule has 1 aromatic carbocycles. The third-order valence-corrected chi connectivity index (χ3v) is 2.08. The van der Waals surface area contributed by atoms with Crippen molar-refractivity contribution in [3.8, 4) is 0 Å². The average molecular weight is 214 g/mol. The van der Waals surface area contributed by atoms with Gasteiger partial charge in [-0.1, -0.05) is 18.2 Å². The lowest BCUT2D eigenvalue weighted by molar-refractivity contribution is 0.562. The summed E-state index contributed by atoms with van der Waals surface area (Å²) in [7, 11) is 0. The fraction of sp³-hybridized carbons (Fsp3) is 0.167. The number of rotatable bonds is 5. The maximum atomic E-state index is 10.2. The van der Waals surface area contributed by atoms with Gasteiger partial charge in [0.1, 0.15) is 0 Å². The Balaban J connectivity index is 3.26. The largest absolute Gasteiger partial charge is 0.240 e. The molecule has 0 amide bonds. The van der Waals surface area contributed by atoms with E-state index in [2.05, 4.69) is 16.6 Å². The third-order valence-electron chi connectivity index (χ3n) is 2.08. The Labute approximate surface area is 93.0 Å². The number of nitrogens with zero attached hydrogens (tertiary/aromatic N) is 2. The molecule has 0 saturated carbocycles. The summed E-state index contributed by atoms with van der Waals surface area (Å²) in [5.74, 6) is 0. The van der Waals surface area contributed by atoms with Crippen LogP contribution in [-0.2, 0) is 22.6 Å². The molecular weight excluding hydrogens is 204 g/mol. The molecule has 0 N–H and O–H groups in total. The Hall–Kier alpha value is -2.28. The van der Waals surface area contributed by atoms with Crippen LogP contribution in [0.5, 0.6) is 0 Å². The van der Waals surface area contributed by atoms with Crippen molar-refractivity contribution in [3.05, 3.63) is 42.0 Å². The highest BCUT2D eigenvalue weighted by molar-refractivity contribution is 5.57. The fourth-order valence-electron chi connectivity index (χ4n) is 1.42. The summed E-state index contributed by atoms with van der Waals surface area (Å²) < 4.78 is 0. The second-order valence-corrected chi connectivity index (χ2v) is 3.02. The maximum absolute atomic E-state index is 10.2. The van der Waals surface area contributed by atoms with Crippen LogP contribution in [0, 0.1) is 0 Å². The van der Waals surface area contributed by atoms with E-state index >= 15 is 0 Å². The molecule has 0 fully saturated rings. The van der Waals surface area contributed by atoms with Gasteiger partial charge in [0, 0.05) is 5.56 Å². The van der Waals surface area contributed by atoms with Gasteiger partial charge in [0.15, 0.2) is 0 Å². The van der Waals surface area contributed by atoms with Crippen LogP contribution in [0.4, 0.5) is 5.69 Å². The van der Waals surface area contributed by atoms with Crippen molar-refractivity contribution in [2.24, 2.45) is 9.98 Å². The van der Waals surface area contributed by atoms with Gasteiger partial charge in [-0.25, -0.2) is 14.6 Å². The molecule has 0 aliphatic rings. The van der Waals surface area contributed by atoms with Crippen molar-refractivity contribution in [2.75, 3.05) is 0 Å². The van der Waals surface area contributed by atoms with Crippen LogP contribution >= 0.6 is 0 Å². The summed E-state index contributed by atoms with van der Waals surface area (Å²) in [5.41, 5.74) is 2.15. The minimum Gasteiger partial charge on any atom is -0.211 e. The monoisotopic (exact) mass is 214 g/mol. The smallest absolute Gasteiger partial charge is 0.211 e. The number of isocyanates is 2. The molecule has 0 saturated heterocycles. The van der Waals surface area contributed by atoms with E-state index < -0.39 is 0 Å². The zero-order valence-electron chi connectivity index (χ0n) is 8.64. The quantitative estimate of drug-likeness (QED) is 0.428. The number of hydrogen-bond donors (Lipinski definition) is 0.